The van der Waals surface area contributed by atoms with Gasteiger partial charge in [0.05, 0.1) is 16.9 Å². The first-order chi connectivity index (χ1) is 14.1. The fourth-order valence-corrected chi connectivity index (χ4v) is 3.33. The van der Waals surface area contributed by atoms with E-state index in [-0.39, 0.29) is 11.7 Å². The molecule has 0 spiro atoms. The van der Waals surface area contributed by atoms with E-state index in [1.807, 2.05) is 37.3 Å². The van der Waals surface area contributed by atoms with Gasteiger partial charge in [-0.05, 0) is 54.8 Å². The average Bonchev–Trinajstić information content (AvgIpc) is 3.05. The van der Waals surface area contributed by atoms with Crippen LogP contribution in [-0.4, -0.2) is 27.8 Å². The number of aliphatic imine (C=N–C) groups is 1. The van der Waals surface area contributed by atoms with Gasteiger partial charge in [-0.15, -0.1) is 0 Å². The lowest BCUT2D eigenvalue weighted by Gasteiger charge is -2.08. The second kappa shape index (κ2) is 8.14. The highest BCUT2D eigenvalue weighted by atomic mass is 19.1. The fourth-order valence-electron chi connectivity index (χ4n) is 3.33. The lowest BCUT2D eigenvalue weighted by Crippen LogP contribution is -2.06. The van der Waals surface area contributed by atoms with Crippen molar-refractivity contribution in [2.45, 2.75) is 13.3 Å². The van der Waals surface area contributed by atoms with Crippen LogP contribution in [-0.2, 0) is 6.42 Å². The molecule has 6 heteroatoms. The summed E-state index contributed by atoms with van der Waals surface area (Å²) in [5.41, 5.74) is 4.51. The first kappa shape index (κ1) is 18.7. The lowest BCUT2D eigenvalue weighted by molar-refractivity contribution is 0.457. The van der Waals surface area contributed by atoms with Crippen molar-refractivity contribution in [2.24, 2.45) is 4.99 Å². The number of H-pyrrole nitrogens is 1. The molecule has 0 fully saturated rings. The van der Waals surface area contributed by atoms with Crippen molar-refractivity contribution in [2.75, 3.05) is 11.9 Å². The van der Waals surface area contributed by atoms with Gasteiger partial charge in [0.25, 0.3) is 0 Å². The maximum Gasteiger partial charge on any atom is 0.198 e. The molecule has 2 aromatic carbocycles. The molecular weight excluding hydrogens is 367 g/mol. The van der Waals surface area contributed by atoms with Crippen LogP contribution in [0.5, 0.6) is 5.88 Å². The number of nitrogens with zero attached hydrogens (tertiary/aromatic N) is 2. The SMILES string of the molecule is Cc1cccc2[nH]c(O)c(C=Nc3ccc(NCCc4ccncc4)c(F)c3)c12. The zero-order valence-electron chi connectivity index (χ0n) is 16.0. The van der Waals surface area contributed by atoms with E-state index in [1.54, 1.807) is 30.7 Å². The van der Waals surface area contributed by atoms with Crippen molar-refractivity contribution in [1.82, 2.24) is 9.97 Å². The number of halogens is 1. The molecule has 5 nitrogen and oxygen atoms in total. The number of benzene rings is 2. The van der Waals surface area contributed by atoms with Gasteiger partial charge in [-0.3, -0.25) is 9.98 Å². The summed E-state index contributed by atoms with van der Waals surface area (Å²) in [4.78, 5) is 11.3. The van der Waals surface area contributed by atoms with E-state index < -0.39 is 0 Å². The Balaban J connectivity index is 1.48. The van der Waals surface area contributed by atoms with Gasteiger partial charge in [-0.25, -0.2) is 4.39 Å². The molecule has 0 aliphatic carbocycles. The molecule has 0 unspecified atom stereocenters. The second-order valence-electron chi connectivity index (χ2n) is 6.84. The van der Waals surface area contributed by atoms with Crippen LogP contribution in [0.3, 0.4) is 0 Å². The molecule has 146 valence electrons. The van der Waals surface area contributed by atoms with E-state index in [9.17, 15) is 9.50 Å². The molecule has 29 heavy (non-hydrogen) atoms. The van der Waals surface area contributed by atoms with Crippen molar-refractivity contribution in [3.8, 4) is 5.88 Å². The molecule has 4 aromatic rings. The molecule has 0 aliphatic rings. The Morgan fingerprint density at radius 1 is 1.17 bits per heavy atom. The van der Waals surface area contributed by atoms with E-state index in [4.69, 9.17) is 0 Å². The van der Waals surface area contributed by atoms with Gasteiger partial charge in [0, 0.05) is 42.1 Å². The molecule has 0 bridgehead atoms. The quantitative estimate of drug-likeness (QED) is 0.401. The molecule has 2 aromatic heterocycles. The predicted octanol–water partition coefficient (Wildman–Crippen LogP) is 5.12. The first-order valence-electron chi connectivity index (χ1n) is 9.38. The zero-order valence-corrected chi connectivity index (χ0v) is 16.0. The van der Waals surface area contributed by atoms with Gasteiger partial charge in [-0.1, -0.05) is 12.1 Å². The summed E-state index contributed by atoms with van der Waals surface area (Å²) in [6.07, 6.45) is 5.83. The van der Waals surface area contributed by atoms with Gasteiger partial charge in [-0.2, -0.15) is 0 Å². The Morgan fingerprint density at radius 3 is 2.79 bits per heavy atom. The Morgan fingerprint density at radius 2 is 2.00 bits per heavy atom. The third-order valence-electron chi connectivity index (χ3n) is 4.82. The summed E-state index contributed by atoms with van der Waals surface area (Å²) < 4.78 is 14.4. The van der Waals surface area contributed by atoms with Gasteiger partial charge in [0.2, 0.25) is 0 Å². The maximum atomic E-state index is 14.4. The predicted molar refractivity (Wildman–Crippen MR) is 115 cm³/mol. The molecule has 0 saturated heterocycles. The van der Waals surface area contributed by atoms with Gasteiger partial charge < -0.3 is 15.4 Å². The highest BCUT2D eigenvalue weighted by Crippen LogP contribution is 2.29. The highest BCUT2D eigenvalue weighted by Gasteiger charge is 2.11. The largest absolute Gasteiger partial charge is 0.494 e. The molecule has 0 aliphatic heterocycles. The van der Waals surface area contributed by atoms with E-state index in [1.165, 1.54) is 6.07 Å². The van der Waals surface area contributed by atoms with Crippen LogP contribution in [0.2, 0.25) is 0 Å². The van der Waals surface area contributed by atoms with Gasteiger partial charge in [0.1, 0.15) is 5.82 Å². The smallest absolute Gasteiger partial charge is 0.198 e. The summed E-state index contributed by atoms with van der Waals surface area (Å²) in [6, 6.07) is 14.5. The van der Waals surface area contributed by atoms with Crippen LogP contribution >= 0.6 is 0 Å². The lowest BCUT2D eigenvalue weighted by atomic mass is 10.1. The number of pyridine rings is 1. The Bertz CT molecular complexity index is 1170. The van der Waals surface area contributed by atoms with Gasteiger partial charge in [0.15, 0.2) is 5.88 Å². The molecule has 0 amide bonds. The minimum atomic E-state index is -0.367. The summed E-state index contributed by atoms with van der Waals surface area (Å²) in [5.74, 6) is -0.318. The third-order valence-corrected chi connectivity index (χ3v) is 4.82. The number of nitrogens with one attached hydrogen (secondary N) is 2. The van der Waals surface area contributed by atoms with Crippen LogP contribution < -0.4 is 5.32 Å². The number of hydrogen-bond donors (Lipinski definition) is 3. The average molecular weight is 388 g/mol. The van der Waals surface area contributed by atoms with Crippen molar-refractivity contribution in [3.63, 3.8) is 0 Å². The number of aromatic hydroxyl groups is 1. The van der Waals surface area contributed by atoms with Crippen molar-refractivity contribution in [1.29, 1.82) is 0 Å². The normalized spacial score (nSPS) is 11.4. The van der Waals surface area contributed by atoms with E-state index in [0.29, 0.717) is 23.5 Å². The third kappa shape index (κ3) is 4.11. The summed E-state index contributed by atoms with van der Waals surface area (Å²) in [7, 11) is 0. The number of rotatable bonds is 6. The van der Waals surface area contributed by atoms with E-state index in [0.717, 1.165) is 28.5 Å². The minimum Gasteiger partial charge on any atom is -0.494 e. The Kier molecular flexibility index (Phi) is 5.24. The van der Waals surface area contributed by atoms with Crippen molar-refractivity contribution < 1.29 is 9.50 Å². The summed E-state index contributed by atoms with van der Waals surface area (Å²) in [6.45, 7) is 2.59. The molecule has 0 saturated carbocycles. The van der Waals surface area contributed by atoms with Crippen molar-refractivity contribution >= 4 is 28.5 Å². The molecule has 0 atom stereocenters. The van der Waals surface area contributed by atoms with Crippen LogP contribution in [0.4, 0.5) is 15.8 Å². The van der Waals surface area contributed by atoms with Crippen LogP contribution in [0.15, 0.2) is 65.9 Å². The Hall–Kier alpha value is -3.67. The van der Waals surface area contributed by atoms with Crippen LogP contribution in [0.25, 0.3) is 10.9 Å². The second-order valence-corrected chi connectivity index (χ2v) is 6.84. The monoisotopic (exact) mass is 388 g/mol. The minimum absolute atomic E-state index is 0.0490. The number of anilines is 1. The first-order valence-corrected chi connectivity index (χ1v) is 9.38. The van der Waals surface area contributed by atoms with Crippen molar-refractivity contribution in [3.05, 3.63) is 83.4 Å². The molecule has 3 N–H and O–H groups in total. The summed E-state index contributed by atoms with van der Waals surface area (Å²) in [5, 5.41) is 14.2. The van der Waals surface area contributed by atoms with E-state index >= 15 is 0 Å². The molecule has 2 heterocycles. The maximum absolute atomic E-state index is 14.4. The number of fused-ring (bicyclic) bond motifs is 1. The number of hydrogen-bond acceptors (Lipinski definition) is 4. The van der Waals surface area contributed by atoms with E-state index in [2.05, 4.69) is 20.3 Å². The number of aromatic amines is 1. The molecule has 4 rings (SSSR count). The topological polar surface area (TPSA) is 73.3 Å². The zero-order chi connectivity index (χ0) is 20.2. The molecular formula is C23H21FN4O. The van der Waals surface area contributed by atoms with Crippen LogP contribution in [0, 0.1) is 12.7 Å². The fraction of sp³-hybridized carbons (Fsp3) is 0.130. The van der Waals surface area contributed by atoms with Gasteiger partial charge >= 0.3 is 0 Å². The molecule has 0 radical (unpaired) electrons. The number of aromatic nitrogens is 2. The standard InChI is InChI=1S/C23H21FN4O/c1-15-3-2-4-21-22(15)18(23(29)28-21)14-27-17-5-6-20(19(24)13-17)26-12-9-16-7-10-25-11-8-16/h2-8,10-11,13-14,26,28-29H,9,12H2,1H3. The summed E-state index contributed by atoms with van der Waals surface area (Å²) >= 11 is 0. The Labute approximate surface area is 168 Å². The number of aryl methyl sites for hydroxylation is 1. The van der Waals surface area contributed by atoms with Crippen LogP contribution in [0.1, 0.15) is 16.7 Å². The highest BCUT2D eigenvalue weighted by molar-refractivity contribution is 6.04.